The Kier molecular flexibility index (Phi) is 28.6. The highest BCUT2D eigenvalue weighted by Gasteiger charge is 2.00. The van der Waals surface area contributed by atoms with E-state index in [2.05, 4.69) is 0 Å². The molecule has 0 bridgehead atoms. The minimum absolute atomic E-state index is 0.00667. The van der Waals surface area contributed by atoms with Crippen molar-refractivity contribution in [2.24, 2.45) is 0 Å². The molecule has 2 atom stereocenters. The fourth-order valence-electron chi connectivity index (χ4n) is 0.807. The zero-order chi connectivity index (χ0) is 18.5. The van der Waals surface area contributed by atoms with Gasteiger partial charge < -0.3 is 39.7 Å². The first-order valence-electron chi connectivity index (χ1n) is 7.77. The van der Waals surface area contributed by atoms with Crippen molar-refractivity contribution in [2.75, 3.05) is 52.9 Å². The molecule has 0 heterocycles. The summed E-state index contributed by atoms with van der Waals surface area (Å²) >= 11 is 0. The Balaban J connectivity index is -0.000000284. The van der Waals surface area contributed by atoms with Crippen LogP contribution in [-0.4, -0.2) is 96.7 Å². The lowest BCUT2D eigenvalue weighted by Crippen LogP contribution is -2.19. The zero-order valence-corrected chi connectivity index (χ0v) is 14.8. The van der Waals surface area contributed by atoms with E-state index in [-0.39, 0.29) is 32.0 Å². The van der Waals surface area contributed by atoms with Crippen LogP contribution in [0.3, 0.4) is 0 Å². The molecule has 23 heavy (non-hydrogen) atoms. The molecule has 0 aliphatic heterocycles. The van der Waals surface area contributed by atoms with Crippen LogP contribution in [0.1, 0.15) is 27.7 Å². The Labute approximate surface area is 139 Å². The first-order valence-corrected chi connectivity index (χ1v) is 7.77. The Morgan fingerprint density at radius 1 is 0.739 bits per heavy atom. The number of hydrogen-bond donors (Lipinski definition) is 5. The normalized spacial score (nSPS) is 12.8. The summed E-state index contributed by atoms with van der Waals surface area (Å²) in [5.74, 6) is 0. The summed E-state index contributed by atoms with van der Waals surface area (Å²) in [5.41, 5.74) is 0. The maximum atomic E-state index is 8.69. The molecule has 0 aromatic heterocycles. The maximum absolute atomic E-state index is 8.69. The number of hydrogen-bond acceptors (Lipinski definition) is 8. The van der Waals surface area contributed by atoms with Gasteiger partial charge in [0.15, 0.2) is 0 Å². The van der Waals surface area contributed by atoms with Crippen LogP contribution >= 0.6 is 0 Å². The van der Waals surface area contributed by atoms with Crippen LogP contribution in [-0.2, 0) is 14.2 Å². The van der Waals surface area contributed by atoms with Gasteiger partial charge in [-0.3, -0.25) is 0 Å². The van der Waals surface area contributed by atoms with Gasteiger partial charge in [-0.05, 0) is 27.7 Å². The van der Waals surface area contributed by atoms with Crippen molar-refractivity contribution in [3.63, 3.8) is 0 Å². The van der Waals surface area contributed by atoms with Gasteiger partial charge in [-0.1, -0.05) is 0 Å². The van der Waals surface area contributed by atoms with E-state index < -0.39 is 6.10 Å². The van der Waals surface area contributed by atoms with Gasteiger partial charge in [-0.15, -0.1) is 0 Å². The van der Waals surface area contributed by atoms with Gasteiger partial charge in [0.2, 0.25) is 0 Å². The topological polar surface area (TPSA) is 129 Å². The Morgan fingerprint density at radius 2 is 1.13 bits per heavy atom. The molecule has 8 heteroatoms. The molecule has 0 rings (SSSR count). The summed E-state index contributed by atoms with van der Waals surface area (Å²) in [6.45, 7) is 8.87. The van der Waals surface area contributed by atoms with Crippen LogP contribution in [0.5, 0.6) is 0 Å². The van der Waals surface area contributed by atoms with E-state index in [0.717, 1.165) is 0 Å². The van der Waals surface area contributed by atoms with Crippen molar-refractivity contribution in [2.45, 2.75) is 46.0 Å². The molecule has 0 aliphatic carbocycles. The highest BCUT2D eigenvalue weighted by Crippen LogP contribution is 1.90. The third kappa shape index (κ3) is 44.9. The number of aliphatic hydroxyl groups is 5. The lowest BCUT2D eigenvalue weighted by Gasteiger charge is -2.10. The van der Waals surface area contributed by atoms with Crippen molar-refractivity contribution in [3.05, 3.63) is 0 Å². The van der Waals surface area contributed by atoms with E-state index in [1.54, 1.807) is 27.7 Å². The van der Waals surface area contributed by atoms with E-state index in [0.29, 0.717) is 33.0 Å². The molecular formula is C15H36O8. The Morgan fingerprint density at radius 3 is 1.39 bits per heavy atom. The average molecular weight is 344 g/mol. The molecule has 0 saturated heterocycles. The molecule has 0 amide bonds. The van der Waals surface area contributed by atoms with Gasteiger partial charge in [0.1, 0.15) is 0 Å². The minimum Gasteiger partial charge on any atom is -0.394 e. The van der Waals surface area contributed by atoms with Crippen LogP contribution in [0.25, 0.3) is 0 Å². The fraction of sp³-hybridized carbons (Fsp3) is 1.00. The fourth-order valence-corrected chi connectivity index (χ4v) is 0.807. The molecule has 0 aromatic rings. The molecule has 0 aromatic carbocycles. The van der Waals surface area contributed by atoms with Crippen LogP contribution in [0, 0.1) is 0 Å². The molecule has 144 valence electrons. The van der Waals surface area contributed by atoms with Crippen molar-refractivity contribution in [1.29, 1.82) is 0 Å². The summed E-state index contributed by atoms with van der Waals surface area (Å²) in [6.07, 6.45) is -0.779. The first kappa shape index (κ1) is 27.5. The standard InChI is InChI=1S/C6H14O4.C6H14O3.C3H8O/c7-1-3-9-5-6-10-4-2-8;1-5(8)4-9-6(2)3-7;1-3(2)4/h7-8H,1-6H2;5-8H,3-4H2,1-2H3;3-4H,1-2H3. The van der Waals surface area contributed by atoms with Crippen LogP contribution < -0.4 is 0 Å². The van der Waals surface area contributed by atoms with Gasteiger partial charge in [0.25, 0.3) is 0 Å². The summed E-state index contributed by atoms with van der Waals surface area (Å²) in [5, 5.41) is 41.7. The molecule has 2 unspecified atom stereocenters. The SMILES string of the molecule is CC(C)O.CC(O)COC(C)CO.OCCOCCOCCO. The lowest BCUT2D eigenvalue weighted by molar-refractivity contribution is -0.0177. The highest BCUT2D eigenvalue weighted by molar-refractivity contribution is 4.47. The van der Waals surface area contributed by atoms with Crippen molar-refractivity contribution < 1.29 is 39.7 Å². The number of rotatable bonds is 11. The second-order valence-electron chi connectivity index (χ2n) is 4.94. The van der Waals surface area contributed by atoms with E-state index in [1.807, 2.05) is 0 Å². The van der Waals surface area contributed by atoms with E-state index in [9.17, 15) is 0 Å². The average Bonchev–Trinajstić information content (AvgIpc) is 2.48. The van der Waals surface area contributed by atoms with Gasteiger partial charge in [0, 0.05) is 6.10 Å². The monoisotopic (exact) mass is 344 g/mol. The molecule has 5 N–H and O–H groups in total. The van der Waals surface area contributed by atoms with Crippen molar-refractivity contribution in [3.8, 4) is 0 Å². The second kappa shape index (κ2) is 23.9. The highest BCUT2D eigenvalue weighted by atomic mass is 16.5. The molecule has 8 nitrogen and oxygen atoms in total. The van der Waals surface area contributed by atoms with Crippen LogP contribution in [0.2, 0.25) is 0 Å². The third-order valence-electron chi connectivity index (χ3n) is 1.72. The predicted octanol–water partition coefficient (Wildman–Crippen LogP) is -0.844. The quantitative estimate of drug-likeness (QED) is 0.307. The molecule has 0 spiro atoms. The van der Waals surface area contributed by atoms with Crippen LogP contribution in [0.4, 0.5) is 0 Å². The Bertz CT molecular complexity index is 180. The van der Waals surface area contributed by atoms with Gasteiger partial charge in [0.05, 0.1) is 65.1 Å². The first-order chi connectivity index (χ1) is 10.8. The zero-order valence-electron chi connectivity index (χ0n) is 14.8. The summed E-state index contributed by atoms with van der Waals surface area (Å²) in [6, 6.07) is 0. The summed E-state index contributed by atoms with van der Waals surface area (Å²) < 4.78 is 14.7. The maximum Gasteiger partial charge on any atom is 0.0779 e. The van der Waals surface area contributed by atoms with Crippen LogP contribution in [0.15, 0.2) is 0 Å². The van der Waals surface area contributed by atoms with Gasteiger partial charge in [-0.25, -0.2) is 0 Å². The smallest absolute Gasteiger partial charge is 0.0779 e. The van der Waals surface area contributed by atoms with Crippen molar-refractivity contribution >= 4 is 0 Å². The second-order valence-corrected chi connectivity index (χ2v) is 4.94. The van der Waals surface area contributed by atoms with E-state index in [4.69, 9.17) is 39.7 Å². The molecular weight excluding hydrogens is 308 g/mol. The Hall–Kier alpha value is -0.320. The molecule has 0 radical (unpaired) electrons. The third-order valence-corrected chi connectivity index (χ3v) is 1.72. The predicted molar refractivity (Wildman–Crippen MR) is 87.3 cm³/mol. The molecule has 0 aliphatic rings. The van der Waals surface area contributed by atoms with E-state index >= 15 is 0 Å². The van der Waals surface area contributed by atoms with Gasteiger partial charge >= 0.3 is 0 Å². The minimum atomic E-state index is -0.445. The molecule has 0 saturated carbocycles. The summed E-state index contributed by atoms with van der Waals surface area (Å²) in [7, 11) is 0. The molecule has 0 fully saturated rings. The van der Waals surface area contributed by atoms with Gasteiger partial charge in [-0.2, -0.15) is 0 Å². The van der Waals surface area contributed by atoms with E-state index in [1.165, 1.54) is 0 Å². The largest absolute Gasteiger partial charge is 0.394 e. The van der Waals surface area contributed by atoms with Crippen molar-refractivity contribution in [1.82, 2.24) is 0 Å². The summed E-state index contributed by atoms with van der Waals surface area (Å²) in [4.78, 5) is 0. The number of ether oxygens (including phenoxy) is 3. The number of aliphatic hydroxyl groups excluding tert-OH is 5. The lowest BCUT2D eigenvalue weighted by atomic mass is 10.4.